The topological polar surface area (TPSA) is 484 Å². The molecule has 90 heavy (non-hydrogen) atoms. The van der Waals surface area contributed by atoms with Gasteiger partial charge in [-0.2, -0.15) is 0 Å². The Balaban J connectivity index is 1.59. The summed E-state index contributed by atoms with van der Waals surface area (Å²) < 4.78 is 41.5. The van der Waals surface area contributed by atoms with Gasteiger partial charge in [0.1, 0.15) is 77.7 Å². The third-order valence-corrected chi connectivity index (χ3v) is 11.7. The van der Waals surface area contributed by atoms with Crippen LogP contribution in [-0.2, 0) is 90.6 Å². The first kappa shape index (κ1) is 70.6. The number of carbonyl (C=O) groups is 15. The summed E-state index contributed by atoms with van der Waals surface area (Å²) in [5.74, 6) is -19.4. The van der Waals surface area contributed by atoms with Gasteiger partial charge in [0.05, 0.1) is 22.3 Å². The quantitative estimate of drug-likeness (QED) is 0.0230. The fourth-order valence-corrected chi connectivity index (χ4v) is 7.45. The van der Waals surface area contributed by atoms with Crippen LogP contribution in [-0.4, -0.2) is 231 Å². The minimum Gasteiger partial charge on any atom is -0.480 e. The van der Waals surface area contributed by atoms with Crippen LogP contribution >= 0.6 is 0 Å². The number of nitrogens with zero attached hydrogens (tertiary/aromatic N) is 4. The van der Waals surface area contributed by atoms with Gasteiger partial charge in [-0.25, -0.2) is 38.4 Å². The second-order valence-corrected chi connectivity index (χ2v) is 18.8. The average molecular weight is 1270 g/mol. The molecule has 7 N–H and O–H groups in total. The average Bonchev–Trinajstić information content (AvgIpc) is 2.46. The Kier molecular flexibility index (Phi) is 26.9. The molecule has 0 aliphatic carbocycles. The second-order valence-electron chi connectivity index (χ2n) is 18.8. The molecule has 0 amide bonds. The van der Waals surface area contributed by atoms with Gasteiger partial charge < -0.3 is 93.2 Å². The van der Waals surface area contributed by atoms with Crippen LogP contribution in [0.15, 0.2) is 97.1 Å². The molecule has 0 atom stereocenters. The molecule has 34 nitrogen and oxygen atoms in total. The molecule has 480 valence electrons. The zero-order chi connectivity index (χ0) is 66.7. The van der Waals surface area contributed by atoms with Crippen molar-refractivity contribution in [1.29, 1.82) is 0 Å². The van der Waals surface area contributed by atoms with Crippen LogP contribution in [0.3, 0.4) is 0 Å². The molecular formula is C56H56N4O30. The Labute approximate surface area is 506 Å². The third kappa shape index (κ3) is 24.6. The number of carboxylic acids is 7. The van der Waals surface area contributed by atoms with E-state index >= 15 is 0 Å². The van der Waals surface area contributed by atoms with Crippen molar-refractivity contribution >= 4 is 112 Å². The van der Waals surface area contributed by atoms with Gasteiger partial charge in [0.2, 0.25) is 0 Å². The standard InChI is InChI=1S/C56H56N4O30/c1-57(18-41(61)62)37-10-2-33(3-11-37)52(79)83-25-48(75)87-29-56(30-88-49(76)26-84-53(80)34-4-12-38(13-5-34)58(19-42(63)64)20-43(65)66,31-89-50(77)27-85-54(81)35-6-14-39(15-7-35)59(21-44(67)68)22-45(69)70)32-90-51(78)28-86-55(82)36-8-16-40(17-9-36)60(23-46(71)72)24-47(73)74/h2-17H,18-32H2,1H3,(H,61,62)(H,63,64)(H,65,66)(H,67,68)(H,69,70)(H,71,72)(H,73,74). The first-order valence-corrected chi connectivity index (χ1v) is 25.7. The zero-order valence-corrected chi connectivity index (χ0v) is 47.2. The Morgan fingerprint density at radius 2 is 0.478 bits per heavy atom. The van der Waals surface area contributed by atoms with Crippen LogP contribution in [0.4, 0.5) is 22.7 Å². The van der Waals surface area contributed by atoms with Gasteiger partial charge in [-0.05, 0) is 97.1 Å². The van der Waals surface area contributed by atoms with E-state index in [4.69, 9.17) is 43.0 Å². The number of ether oxygens (including phenoxy) is 8. The number of esters is 8. The summed E-state index contributed by atoms with van der Waals surface area (Å²) >= 11 is 0. The van der Waals surface area contributed by atoms with E-state index in [1.807, 2.05) is 0 Å². The van der Waals surface area contributed by atoms with Gasteiger partial charge >= 0.3 is 89.5 Å². The molecule has 0 spiro atoms. The Morgan fingerprint density at radius 3 is 0.667 bits per heavy atom. The molecule has 0 saturated heterocycles. The minimum absolute atomic E-state index is 0.0694. The predicted molar refractivity (Wildman–Crippen MR) is 297 cm³/mol. The molecule has 0 bridgehead atoms. The Hall–Kier alpha value is -11.9. The molecule has 4 aromatic carbocycles. The molecular weight excluding hydrogens is 1210 g/mol. The Morgan fingerprint density at radius 1 is 0.289 bits per heavy atom. The monoisotopic (exact) mass is 1260 g/mol. The maximum Gasteiger partial charge on any atom is 0.344 e. The third-order valence-electron chi connectivity index (χ3n) is 11.7. The number of aliphatic carboxylic acids is 7. The maximum atomic E-state index is 13.3. The molecule has 0 aliphatic heterocycles. The summed E-state index contributed by atoms with van der Waals surface area (Å²) in [4.78, 5) is 188. The number of carbonyl (C=O) groups excluding carboxylic acids is 8. The highest BCUT2D eigenvalue weighted by Gasteiger charge is 2.39. The van der Waals surface area contributed by atoms with E-state index in [9.17, 15) is 103 Å². The summed E-state index contributed by atoms with van der Waals surface area (Å²) in [6.45, 7) is -13.9. The summed E-state index contributed by atoms with van der Waals surface area (Å²) in [7, 11) is 1.47. The fraction of sp³-hybridized carbons (Fsp3) is 0.304. The number of anilines is 4. The smallest absolute Gasteiger partial charge is 0.344 e. The molecule has 0 aliphatic rings. The highest BCUT2D eigenvalue weighted by molar-refractivity contribution is 5.94. The first-order chi connectivity index (χ1) is 42.5. The molecule has 34 heteroatoms. The van der Waals surface area contributed by atoms with E-state index in [1.165, 1.54) is 72.6 Å². The van der Waals surface area contributed by atoms with Crippen LogP contribution < -0.4 is 19.6 Å². The van der Waals surface area contributed by atoms with Crippen molar-refractivity contribution in [3.05, 3.63) is 119 Å². The molecule has 0 radical (unpaired) electrons. The largest absolute Gasteiger partial charge is 0.480 e. The molecule has 0 aromatic heterocycles. The number of benzene rings is 4. The summed E-state index contributed by atoms with van der Waals surface area (Å²) in [5, 5.41) is 64.4. The molecule has 0 fully saturated rings. The zero-order valence-electron chi connectivity index (χ0n) is 47.2. The number of hydrogen-bond acceptors (Lipinski definition) is 27. The lowest BCUT2D eigenvalue weighted by Gasteiger charge is -2.31. The molecule has 4 rings (SSSR count). The van der Waals surface area contributed by atoms with Crippen LogP contribution in [0.1, 0.15) is 41.4 Å². The van der Waals surface area contributed by atoms with Crippen molar-refractivity contribution in [3.63, 3.8) is 0 Å². The van der Waals surface area contributed by atoms with Crippen molar-refractivity contribution in [3.8, 4) is 0 Å². The highest BCUT2D eigenvalue weighted by Crippen LogP contribution is 2.24. The molecule has 4 aromatic rings. The lowest BCUT2D eigenvalue weighted by atomic mass is 9.92. The lowest BCUT2D eigenvalue weighted by molar-refractivity contribution is -0.175. The van der Waals surface area contributed by atoms with Crippen molar-refractivity contribution in [2.24, 2.45) is 5.41 Å². The summed E-state index contributed by atoms with van der Waals surface area (Å²) in [6.07, 6.45) is 0. The van der Waals surface area contributed by atoms with Crippen molar-refractivity contribution in [2.75, 3.05) is 125 Å². The van der Waals surface area contributed by atoms with Crippen LogP contribution in [0.2, 0.25) is 0 Å². The normalized spacial score (nSPS) is 10.6. The van der Waals surface area contributed by atoms with E-state index in [2.05, 4.69) is 0 Å². The van der Waals surface area contributed by atoms with Crippen LogP contribution in [0, 0.1) is 5.41 Å². The second kappa shape index (κ2) is 34.3. The molecule has 0 saturated carbocycles. The van der Waals surface area contributed by atoms with E-state index in [0.717, 1.165) is 51.1 Å². The summed E-state index contributed by atoms with van der Waals surface area (Å²) in [6, 6.07) is 19.1. The van der Waals surface area contributed by atoms with Gasteiger partial charge in [-0.1, -0.05) is 0 Å². The maximum absolute atomic E-state index is 13.3. The number of likely N-dealkylation sites (N-methyl/N-ethyl adjacent to an activating group) is 1. The number of carboxylic acid groups (broad SMARTS) is 7. The van der Waals surface area contributed by atoms with Crippen molar-refractivity contribution in [2.45, 2.75) is 0 Å². The predicted octanol–water partition coefficient (Wildman–Crippen LogP) is 0.0212. The lowest BCUT2D eigenvalue weighted by Crippen LogP contribution is -2.45. The van der Waals surface area contributed by atoms with Gasteiger partial charge in [0.15, 0.2) is 26.4 Å². The minimum atomic E-state index is -2.26. The van der Waals surface area contributed by atoms with Crippen molar-refractivity contribution in [1.82, 2.24) is 0 Å². The van der Waals surface area contributed by atoms with E-state index in [1.54, 1.807) is 0 Å². The molecule has 0 heterocycles. The van der Waals surface area contributed by atoms with E-state index in [0.29, 0.717) is 5.69 Å². The van der Waals surface area contributed by atoms with Gasteiger partial charge in [-0.15, -0.1) is 0 Å². The Bertz CT molecular complexity index is 2980. The SMILES string of the molecule is CN(CC(=O)O)c1ccc(C(=O)OCC(=O)OCC(COC(=O)COC(=O)c2ccc(N(CC(=O)O)CC(=O)O)cc2)(COC(=O)COC(=O)c2ccc(N(CC(=O)O)CC(=O)O)cc2)COC(=O)COC(=O)c2ccc(N(CC(=O)O)CC(=O)O)cc2)cc1. The van der Waals surface area contributed by atoms with Crippen molar-refractivity contribution < 1.29 is 146 Å². The number of rotatable bonds is 38. The van der Waals surface area contributed by atoms with E-state index in [-0.39, 0.29) is 39.3 Å². The van der Waals surface area contributed by atoms with Crippen LogP contribution in [0.5, 0.6) is 0 Å². The van der Waals surface area contributed by atoms with Gasteiger partial charge in [0, 0.05) is 29.8 Å². The number of hydrogen-bond donors (Lipinski definition) is 7. The molecule has 0 unspecified atom stereocenters. The van der Waals surface area contributed by atoms with Gasteiger partial charge in [0.25, 0.3) is 0 Å². The van der Waals surface area contributed by atoms with E-state index < -0.39 is 194 Å². The van der Waals surface area contributed by atoms with Crippen LogP contribution in [0.25, 0.3) is 0 Å². The first-order valence-electron chi connectivity index (χ1n) is 25.7. The fourth-order valence-electron chi connectivity index (χ4n) is 7.45. The van der Waals surface area contributed by atoms with Gasteiger partial charge in [-0.3, -0.25) is 33.6 Å². The summed E-state index contributed by atoms with van der Waals surface area (Å²) in [5.41, 5.74) is -2.47. The highest BCUT2D eigenvalue weighted by atomic mass is 16.6.